The summed E-state index contributed by atoms with van der Waals surface area (Å²) in [5, 5.41) is 0. The topological polar surface area (TPSA) is 47.5 Å². The second-order valence-electron chi connectivity index (χ2n) is 2.73. The highest BCUT2D eigenvalue weighted by molar-refractivity contribution is 9.10. The molecule has 0 saturated carbocycles. The van der Waals surface area contributed by atoms with Gasteiger partial charge in [0.15, 0.2) is 0 Å². The monoisotopic (exact) mass is 238 g/mol. The SMILES string of the molecule is Nc1ccc2cc(Br)ccn2c1=O. The molecular formula is C9H7BrN2O. The zero-order chi connectivity index (χ0) is 9.42. The molecule has 0 amide bonds. The van der Waals surface area contributed by atoms with E-state index in [4.69, 9.17) is 5.73 Å². The highest BCUT2D eigenvalue weighted by Crippen LogP contribution is 2.12. The maximum Gasteiger partial charge on any atom is 0.278 e. The first-order chi connectivity index (χ1) is 6.18. The molecule has 0 radical (unpaired) electrons. The van der Waals surface area contributed by atoms with Gasteiger partial charge in [-0.25, -0.2) is 0 Å². The van der Waals surface area contributed by atoms with Crippen molar-refractivity contribution in [1.82, 2.24) is 4.40 Å². The standard InChI is InChI=1S/C9H7BrN2O/c10-6-3-4-12-7(5-6)1-2-8(11)9(12)13/h1-5H,11H2. The van der Waals surface area contributed by atoms with E-state index in [0.717, 1.165) is 9.99 Å². The number of nitrogens with zero attached hydrogens (tertiary/aromatic N) is 1. The van der Waals surface area contributed by atoms with Crippen molar-refractivity contribution in [2.45, 2.75) is 0 Å². The Balaban J connectivity index is 2.95. The molecule has 2 N–H and O–H groups in total. The number of rotatable bonds is 0. The minimum absolute atomic E-state index is 0.176. The van der Waals surface area contributed by atoms with Gasteiger partial charge in [-0.15, -0.1) is 0 Å². The Labute approximate surface area is 82.9 Å². The number of hydrogen-bond donors (Lipinski definition) is 1. The zero-order valence-corrected chi connectivity index (χ0v) is 8.28. The lowest BCUT2D eigenvalue weighted by Crippen LogP contribution is -2.16. The van der Waals surface area contributed by atoms with Crippen molar-refractivity contribution in [2.75, 3.05) is 5.73 Å². The van der Waals surface area contributed by atoms with Crippen molar-refractivity contribution in [3.8, 4) is 0 Å². The van der Waals surface area contributed by atoms with Gasteiger partial charge in [0, 0.05) is 16.2 Å². The predicted molar refractivity (Wildman–Crippen MR) is 55.8 cm³/mol. The number of anilines is 1. The molecule has 0 aromatic carbocycles. The summed E-state index contributed by atoms with van der Waals surface area (Å²) in [5.74, 6) is 0. The van der Waals surface area contributed by atoms with Gasteiger partial charge in [0.1, 0.15) is 0 Å². The summed E-state index contributed by atoms with van der Waals surface area (Å²) in [6.45, 7) is 0. The van der Waals surface area contributed by atoms with Crippen LogP contribution in [0.3, 0.4) is 0 Å². The van der Waals surface area contributed by atoms with Gasteiger partial charge in [-0.05, 0) is 24.3 Å². The predicted octanol–water partition coefficient (Wildman–Crippen LogP) is 1.64. The molecule has 0 fully saturated rings. The van der Waals surface area contributed by atoms with Crippen molar-refractivity contribution in [3.63, 3.8) is 0 Å². The first-order valence-corrected chi connectivity index (χ1v) is 4.54. The van der Waals surface area contributed by atoms with Gasteiger partial charge in [0.05, 0.1) is 5.69 Å². The molecule has 0 aliphatic heterocycles. The molecule has 66 valence electrons. The molecule has 0 unspecified atom stereocenters. The van der Waals surface area contributed by atoms with E-state index in [0.29, 0.717) is 0 Å². The molecule has 0 aliphatic carbocycles. The first kappa shape index (κ1) is 8.31. The maximum atomic E-state index is 11.5. The van der Waals surface area contributed by atoms with Crippen LogP contribution < -0.4 is 11.3 Å². The van der Waals surface area contributed by atoms with Crippen LogP contribution in [0.25, 0.3) is 5.52 Å². The van der Waals surface area contributed by atoms with Crippen molar-refractivity contribution >= 4 is 27.1 Å². The minimum atomic E-state index is -0.176. The van der Waals surface area contributed by atoms with Crippen LogP contribution in [0.2, 0.25) is 0 Å². The average Bonchev–Trinajstić information content (AvgIpc) is 2.12. The maximum absolute atomic E-state index is 11.5. The summed E-state index contributed by atoms with van der Waals surface area (Å²) in [4.78, 5) is 11.5. The van der Waals surface area contributed by atoms with Crippen LogP contribution in [0.5, 0.6) is 0 Å². The second-order valence-corrected chi connectivity index (χ2v) is 3.65. The molecule has 0 bridgehead atoms. The lowest BCUT2D eigenvalue weighted by Gasteiger charge is -2.01. The van der Waals surface area contributed by atoms with E-state index in [-0.39, 0.29) is 11.2 Å². The fourth-order valence-corrected chi connectivity index (χ4v) is 1.54. The van der Waals surface area contributed by atoms with Gasteiger partial charge in [-0.3, -0.25) is 9.20 Å². The molecule has 3 nitrogen and oxygen atoms in total. The molecule has 2 rings (SSSR count). The smallest absolute Gasteiger partial charge is 0.278 e. The Morgan fingerprint density at radius 1 is 1.31 bits per heavy atom. The van der Waals surface area contributed by atoms with Gasteiger partial charge >= 0.3 is 0 Å². The summed E-state index contributed by atoms with van der Waals surface area (Å²) in [6, 6.07) is 7.08. The van der Waals surface area contributed by atoms with Crippen LogP contribution in [0, 0.1) is 0 Å². The van der Waals surface area contributed by atoms with Gasteiger partial charge in [0.2, 0.25) is 0 Å². The average molecular weight is 239 g/mol. The number of nitrogens with two attached hydrogens (primary N) is 1. The lowest BCUT2D eigenvalue weighted by molar-refractivity contribution is 1.10. The fraction of sp³-hybridized carbons (Fsp3) is 0. The number of hydrogen-bond acceptors (Lipinski definition) is 2. The van der Waals surface area contributed by atoms with Crippen LogP contribution >= 0.6 is 15.9 Å². The van der Waals surface area contributed by atoms with Gasteiger partial charge < -0.3 is 5.73 Å². The molecule has 0 spiro atoms. The Kier molecular flexibility index (Phi) is 1.84. The first-order valence-electron chi connectivity index (χ1n) is 3.75. The molecule has 13 heavy (non-hydrogen) atoms. The third-order valence-electron chi connectivity index (χ3n) is 1.85. The quantitative estimate of drug-likeness (QED) is 0.759. The van der Waals surface area contributed by atoms with Crippen LogP contribution in [0.15, 0.2) is 39.7 Å². The van der Waals surface area contributed by atoms with Crippen LogP contribution in [-0.2, 0) is 0 Å². The van der Waals surface area contributed by atoms with Crippen LogP contribution in [-0.4, -0.2) is 4.40 Å². The largest absolute Gasteiger partial charge is 0.394 e. The molecule has 2 aromatic rings. The van der Waals surface area contributed by atoms with Crippen molar-refractivity contribution in [1.29, 1.82) is 0 Å². The number of nitrogen functional groups attached to an aromatic ring is 1. The number of fused-ring (bicyclic) bond motifs is 1. The highest BCUT2D eigenvalue weighted by Gasteiger charge is 1.98. The normalized spacial score (nSPS) is 10.5. The van der Waals surface area contributed by atoms with Gasteiger partial charge in [-0.2, -0.15) is 0 Å². The van der Waals surface area contributed by atoms with E-state index >= 15 is 0 Å². The van der Waals surface area contributed by atoms with E-state index in [1.54, 1.807) is 18.3 Å². The number of halogens is 1. The summed E-state index contributed by atoms with van der Waals surface area (Å²) < 4.78 is 2.46. The van der Waals surface area contributed by atoms with Gasteiger partial charge in [0.25, 0.3) is 5.56 Å². The highest BCUT2D eigenvalue weighted by atomic mass is 79.9. The Hall–Kier alpha value is -1.29. The molecule has 0 saturated heterocycles. The Morgan fingerprint density at radius 3 is 2.85 bits per heavy atom. The van der Waals surface area contributed by atoms with E-state index in [2.05, 4.69) is 15.9 Å². The van der Waals surface area contributed by atoms with Crippen molar-refractivity contribution in [2.24, 2.45) is 0 Å². The zero-order valence-electron chi connectivity index (χ0n) is 6.70. The fourth-order valence-electron chi connectivity index (χ4n) is 1.19. The Morgan fingerprint density at radius 2 is 2.08 bits per heavy atom. The van der Waals surface area contributed by atoms with E-state index in [1.165, 1.54) is 4.40 Å². The minimum Gasteiger partial charge on any atom is -0.394 e. The second kappa shape index (κ2) is 2.88. The molecule has 2 heterocycles. The van der Waals surface area contributed by atoms with Crippen molar-refractivity contribution < 1.29 is 0 Å². The third kappa shape index (κ3) is 1.33. The van der Waals surface area contributed by atoms with E-state index in [1.807, 2.05) is 12.1 Å². The molecular weight excluding hydrogens is 232 g/mol. The summed E-state index contributed by atoms with van der Waals surface area (Å²) in [5.41, 5.74) is 6.39. The lowest BCUT2D eigenvalue weighted by atomic mass is 10.3. The van der Waals surface area contributed by atoms with E-state index < -0.39 is 0 Å². The number of aromatic nitrogens is 1. The Bertz CT molecular complexity index is 518. The molecule has 2 aromatic heterocycles. The molecule has 0 aliphatic rings. The third-order valence-corrected chi connectivity index (χ3v) is 2.34. The van der Waals surface area contributed by atoms with Crippen LogP contribution in [0.1, 0.15) is 0 Å². The molecule has 4 heteroatoms. The summed E-state index contributed by atoms with van der Waals surface area (Å²) in [7, 11) is 0. The van der Waals surface area contributed by atoms with Gasteiger partial charge in [-0.1, -0.05) is 15.9 Å². The summed E-state index contributed by atoms with van der Waals surface area (Å²) in [6.07, 6.45) is 1.69. The summed E-state index contributed by atoms with van der Waals surface area (Å²) >= 11 is 3.33. The van der Waals surface area contributed by atoms with Crippen LogP contribution in [0.4, 0.5) is 5.69 Å². The van der Waals surface area contributed by atoms with E-state index in [9.17, 15) is 4.79 Å². The molecule has 0 atom stereocenters. The number of pyridine rings is 2. The van der Waals surface area contributed by atoms with Crippen molar-refractivity contribution in [3.05, 3.63) is 45.3 Å².